The Morgan fingerprint density at radius 2 is 2.15 bits per heavy atom. The van der Waals surface area contributed by atoms with Crippen LogP contribution in [0, 0.1) is 5.41 Å². The van der Waals surface area contributed by atoms with Crippen molar-refractivity contribution in [2.45, 2.75) is 32.9 Å². The molecular weight excluding hydrogens is 264 g/mol. The molecule has 1 aliphatic rings. The Kier molecular flexibility index (Phi) is 4.94. The lowest BCUT2D eigenvalue weighted by Crippen LogP contribution is -2.43. The first kappa shape index (κ1) is 15.2. The zero-order chi connectivity index (χ0) is 14.6. The van der Waals surface area contributed by atoms with Crippen molar-refractivity contribution in [3.8, 4) is 5.75 Å². The molecule has 1 unspecified atom stereocenters. The highest BCUT2D eigenvalue weighted by atomic mass is 19.3. The molecule has 0 aliphatic carbocycles. The smallest absolute Gasteiger partial charge is 0.387 e. The maximum absolute atomic E-state index is 12.4. The molecule has 1 heterocycles. The molecule has 2 rings (SSSR count). The van der Waals surface area contributed by atoms with Gasteiger partial charge in [-0.3, -0.25) is 4.90 Å². The van der Waals surface area contributed by atoms with Crippen LogP contribution in [-0.4, -0.2) is 36.3 Å². The van der Waals surface area contributed by atoms with Gasteiger partial charge < -0.3 is 9.84 Å². The van der Waals surface area contributed by atoms with Gasteiger partial charge in [-0.15, -0.1) is 0 Å². The van der Waals surface area contributed by atoms with E-state index in [1.807, 2.05) is 12.1 Å². The van der Waals surface area contributed by atoms with E-state index in [2.05, 4.69) is 16.6 Å². The number of hydrogen-bond donors (Lipinski definition) is 1. The quantitative estimate of drug-likeness (QED) is 0.903. The van der Waals surface area contributed by atoms with E-state index < -0.39 is 6.61 Å². The summed E-state index contributed by atoms with van der Waals surface area (Å²) in [5, 5.41) is 9.46. The van der Waals surface area contributed by atoms with Crippen molar-refractivity contribution in [3.05, 3.63) is 29.8 Å². The lowest BCUT2D eigenvalue weighted by molar-refractivity contribution is -0.0510. The van der Waals surface area contributed by atoms with Crippen LogP contribution in [0.15, 0.2) is 24.3 Å². The van der Waals surface area contributed by atoms with E-state index in [-0.39, 0.29) is 17.8 Å². The van der Waals surface area contributed by atoms with Crippen LogP contribution in [0.5, 0.6) is 5.75 Å². The number of ether oxygens (including phenoxy) is 1. The number of likely N-dealkylation sites (tertiary alicyclic amines) is 1. The zero-order valence-corrected chi connectivity index (χ0v) is 11.7. The topological polar surface area (TPSA) is 32.7 Å². The van der Waals surface area contributed by atoms with Crippen molar-refractivity contribution >= 4 is 0 Å². The number of rotatable bonds is 5. The van der Waals surface area contributed by atoms with Crippen LogP contribution in [0.25, 0.3) is 0 Å². The van der Waals surface area contributed by atoms with Gasteiger partial charge in [0.1, 0.15) is 5.75 Å². The van der Waals surface area contributed by atoms with Gasteiger partial charge in [-0.1, -0.05) is 25.1 Å². The van der Waals surface area contributed by atoms with Gasteiger partial charge in [-0.25, -0.2) is 0 Å². The van der Waals surface area contributed by atoms with Crippen LogP contribution in [0.2, 0.25) is 0 Å². The number of piperidine rings is 1. The van der Waals surface area contributed by atoms with Crippen LogP contribution in [0.1, 0.15) is 25.3 Å². The van der Waals surface area contributed by atoms with Gasteiger partial charge in [-0.05, 0) is 25.5 Å². The lowest BCUT2D eigenvalue weighted by atomic mass is 9.82. The van der Waals surface area contributed by atoms with Crippen LogP contribution in [0.4, 0.5) is 8.78 Å². The first-order chi connectivity index (χ1) is 9.52. The Morgan fingerprint density at radius 1 is 1.40 bits per heavy atom. The van der Waals surface area contributed by atoms with Crippen LogP contribution < -0.4 is 4.74 Å². The maximum Gasteiger partial charge on any atom is 0.387 e. The van der Waals surface area contributed by atoms with Crippen molar-refractivity contribution in [1.82, 2.24) is 4.90 Å². The lowest BCUT2D eigenvalue weighted by Gasteiger charge is -2.39. The fourth-order valence-electron chi connectivity index (χ4n) is 2.78. The largest absolute Gasteiger partial charge is 0.434 e. The molecule has 0 aromatic heterocycles. The highest BCUT2D eigenvalue weighted by molar-refractivity contribution is 5.33. The molecule has 1 atom stereocenters. The molecule has 0 spiro atoms. The third-order valence-electron chi connectivity index (χ3n) is 3.82. The Bertz CT molecular complexity index is 442. The Labute approximate surface area is 118 Å². The van der Waals surface area contributed by atoms with Gasteiger partial charge >= 0.3 is 6.61 Å². The number of halogens is 2. The second-order valence-electron chi connectivity index (χ2n) is 5.77. The molecule has 1 aliphatic heterocycles. The summed E-state index contributed by atoms with van der Waals surface area (Å²) >= 11 is 0. The Morgan fingerprint density at radius 3 is 2.85 bits per heavy atom. The summed E-state index contributed by atoms with van der Waals surface area (Å²) in [7, 11) is 0. The summed E-state index contributed by atoms with van der Waals surface area (Å²) in [6.07, 6.45) is 2.00. The summed E-state index contributed by atoms with van der Waals surface area (Å²) in [6.45, 7) is 1.66. The average molecular weight is 285 g/mol. The maximum atomic E-state index is 12.4. The van der Waals surface area contributed by atoms with Gasteiger partial charge in [0.15, 0.2) is 0 Å². The zero-order valence-electron chi connectivity index (χ0n) is 11.7. The molecule has 112 valence electrons. The van der Waals surface area contributed by atoms with Crippen molar-refractivity contribution in [1.29, 1.82) is 0 Å². The van der Waals surface area contributed by atoms with E-state index in [1.165, 1.54) is 0 Å². The molecular formula is C15H21F2NO2. The molecule has 1 saturated heterocycles. The highest BCUT2D eigenvalue weighted by Crippen LogP contribution is 2.31. The molecule has 0 radical (unpaired) electrons. The molecule has 1 aromatic rings. The van der Waals surface area contributed by atoms with Crippen molar-refractivity contribution in [2.75, 3.05) is 19.7 Å². The molecule has 1 fully saturated rings. The molecule has 0 saturated carbocycles. The third-order valence-corrected chi connectivity index (χ3v) is 3.82. The van der Waals surface area contributed by atoms with Crippen LogP contribution in [-0.2, 0) is 6.54 Å². The third kappa shape index (κ3) is 3.90. The Balaban J connectivity index is 2.06. The van der Waals surface area contributed by atoms with Gasteiger partial charge in [0.2, 0.25) is 0 Å². The second-order valence-corrected chi connectivity index (χ2v) is 5.77. The number of para-hydroxylation sites is 1. The van der Waals surface area contributed by atoms with Crippen molar-refractivity contribution < 1.29 is 18.6 Å². The number of nitrogens with zero attached hydrogens (tertiary/aromatic N) is 1. The van der Waals surface area contributed by atoms with Crippen molar-refractivity contribution in [3.63, 3.8) is 0 Å². The summed E-state index contributed by atoms with van der Waals surface area (Å²) in [5.41, 5.74) is 0.659. The molecule has 5 heteroatoms. The SMILES string of the molecule is CC1(CO)CCCN(Cc2ccccc2OC(F)F)C1. The standard InChI is InChI=1S/C15H21F2NO2/c1-15(11-19)7-4-8-18(10-15)9-12-5-2-3-6-13(12)20-14(16)17/h2-3,5-6,14,19H,4,7-11H2,1H3. The van der Waals surface area contributed by atoms with E-state index in [4.69, 9.17) is 0 Å². The highest BCUT2D eigenvalue weighted by Gasteiger charge is 2.30. The van der Waals surface area contributed by atoms with Gasteiger partial charge in [-0.2, -0.15) is 8.78 Å². The van der Waals surface area contributed by atoms with Gasteiger partial charge in [0, 0.05) is 30.7 Å². The minimum atomic E-state index is -2.81. The summed E-state index contributed by atoms with van der Waals surface area (Å²) in [5.74, 6) is 0.235. The first-order valence-corrected chi connectivity index (χ1v) is 6.88. The fraction of sp³-hybridized carbons (Fsp3) is 0.600. The van der Waals surface area contributed by atoms with Gasteiger partial charge in [0.25, 0.3) is 0 Å². The minimum absolute atomic E-state index is 0.100. The minimum Gasteiger partial charge on any atom is -0.434 e. The predicted octanol–water partition coefficient (Wildman–Crippen LogP) is 2.88. The van der Waals surface area contributed by atoms with E-state index in [9.17, 15) is 13.9 Å². The van der Waals surface area contributed by atoms with Crippen molar-refractivity contribution in [2.24, 2.45) is 5.41 Å². The summed E-state index contributed by atoms with van der Waals surface area (Å²) in [4.78, 5) is 2.19. The molecule has 1 N–H and O–H groups in total. The average Bonchev–Trinajstić information content (AvgIpc) is 2.41. The van der Waals surface area contributed by atoms with Crippen LogP contribution >= 0.6 is 0 Å². The normalized spacial score (nSPS) is 24.1. The molecule has 1 aromatic carbocycles. The molecule has 0 bridgehead atoms. The fourth-order valence-corrected chi connectivity index (χ4v) is 2.78. The summed E-state index contributed by atoms with van der Waals surface area (Å²) < 4.78 is 29.3. The number of alkyl halides is 2. The van der Waals surface area contributed by atoms with E-state index >= 15 is 0 Å². The number of benzene rings is 1. The van der Waals surface area contributed by atoms with E-state index in [1.54, 1.807) is 12.1 Å². The van der Waals surface area contributed by atoms with Gasteiger partial charge in [0.05, 0.1) is 0 Å². The number of hydrogen-bond acceptors (Lipinski definition) is 3. The number of aliphatic hydroxyl groups is 1. The first-order valence-electron chi connectivity index (χ1n) is 6.88. The van der Waals surface area contributed by atoms with Crippen LogP contribution in [0.3, 0.4) is 0 Å². The summed E-state index contributed by atoms with van der Waals surface area (Å²) in [6, 6.07) is 6.89. The monoisotopic (exact) mass is 285 g/mol. The second kappa shape index (κ2) is 6.50. The molecule has 3 nitrogen and oxygen atoms in total. The number of aliphatic hydroxyl groups excluding tert-OH is 1. The molecule has 20 heavy (non-hydrogen) atoms. The Hall–Kier alpha value is -1.20. The predicted molar refractivity (Wildman–Crippen MR) is 72.8 cm³/mol. The van der Waals surface area contributed by atoms with E-state index in [0.717, 1.165) is 31.5 Å². The van der Waals surface area contributed by atoms with E-state index in [0.29, 0.717) is 6.54 Å². The molecule has 0 amide bonds.